The molecule has 2 aliphatic rings. The first-order valence-corrected chi connectivity index (χ1v) is 13.0. The van der Waals surface area contributed by atoms with Crippen LogP contribution < -0.4 is 10.1 Å². The number of nitrogens with one attached hydrogen (secondary N) is 1. The van der Waals surface area contributed by atoms with E-state index >= 15 is 0 Å². The van der Waals surface area contributed by atoms with Gasteiger partial charge >= 0.3 is 0 Å². The van der Waals surface area contributed by atoms with Crippen LogP contribution in [0.4, 0.5) is 15.9 Å². The van der Waals surface area contributed by atoms with E-state index in [1.165, 1.54) is 18.5 Å². The van der Waals surface area contributed by atoms with Crippen LogP contribution in [0.2, 0.25) is 5.02 Å². The summed E-state index contributed by atoms with van der Waals surface area (Å²) in [5, 5.41) is 3.90. The summed E-state index contributed by atoms with van der Waals surface area (Å²) in [5.41, 5.74) is 1.96. The number of ketones is 1. The van der Waals surface area contributed by atoms with E-state index in [9.17, 15) is 9.18 Å². The number of fused-ring (bicyclic) bond motifs is 1. The van der Waals surface area contributed by atoms with Gasteiger partial charge in [-0.2, -0.15) is 0 Å². The van der Waals surface area contributed by atoms with E-state index in [0.29, 0.717) is 60.6 Å². The van der Waals surface area contributed by atoms with E-state index < -0.39 is 5.82 Å². The van der Waals surface area contributed by atoms with Gasteiger partial charge in [-0.1, -0.05) is 17.7 Å². The normalized spacial score (nSPS) is 19.7. The minimum Gasteiger partial charge on any atom is -0.488 e. The lowest BCUT2D eigenvalue weighted by atomic mass is 10.0. The highest BCUT2D eigenvalue weighted by Gasteiger charge is 2.26. The van der Waals surface area contributed by atoms with Crippen molar-refractivity contribution in [2.75, 3.05) is 45.3 Å². The van der Waals surface area contributed by atoms with Crippen molar-refractivity contribution >= 4 is 39.8 Å². The zero-order valence-electron chi connectivity index (χ0n) is 21.2. The zero-order chi connectivity index (χ0) is 26.5. The van der Waals surface area contributed by atoms with Crippen LogP contribution in [0.25, 0.3) is 10.9 Å². The molecule has 8 nitrogen and oxygen atoms in total. The average molecular weight is 541 g/mol. The fraction of sp³-hybridized carbons (Fsp3) is 0.393. The molecule has 200 valence electrons. The van der Waals surface area contributed by atoms with Crippen molar-refractivity contribution in [3.63, 3.8) is 0 Å². The van der Waals surface area contributed by atoms with Gasteiger partial charge in [-0.15, -0.1) is 0 Å². The summed E-state index contributed by atoms with van der Waals surface area (Å²) in [6.45, 7) is 3.57. The predicted octanol–water partition coefficient (Wildman–Crippen LogP) is 4.72. The molecule has 38 heavy (non-hydrogen) atoms. The smallest absolute Gasteiger partial charge is 0.159 e. The molecule has 0 amide bonds. The molecule has 0 spiro atoms. The maximum absolute atomic E-state index is 13.6. The molecule has 3 aromatic rings. The van der Waals surface area contributed by atoms with Crippen molar-refractivity contribution in [2.45, 2.75) is 31.4 Å². The summed E-state index contributed by atoms with van der Waals surface area (Å²) in [5.74, 6) is 0.587. The Kier molecular flexibility index (Phi) is 8.48. The first-order valence-electron chi connectivity index (χ1n) is 12.7. The number of allylic oxidation sites excluding steroid dienone is 1. The Morgan fingerprint density at radius 2 is 2.18 bits per heavy atom. The molecule has 2 aromatic carbocycles. The van der Waals surface area contributed by atoms with Crippen molar-refractivity contribution in [1.82, 2.24) is 14.9 Å². The monoisotopic (exact) mass is 540 g/mol. The summed E-state index contributed by atoms with van der Waals surface area (Å²) in [7, 11) is 1.71. The van der Waals surface area contributed by atoms with E-state index in [4.69, 9.17) is 25.8 Å². The number of anilines is 2. The lowest BCUT2D eigenvalue weighted by Crippen LogP contribution is -2.49. The quantitative estimate of drug-likeness (QED) is 0.350. The van der Waals surface area contributed by atoms with Crippen molar-refractivity contribution in [3.05, 3.63) is 65.2 Å². The lowest BCUT2D eigenvalue weighted by molar-refractivity contribution is -0.114. The van der Waals surface area contributed by atoms with Gasteiger partial charge in [0.25, 0.3) is 0 Å². The van der Waals surface area contributed by atoms with Crippen molar-refractivity contribution in [2.24, 2.45) is 0 Å². The number of carbonyl (C=O) groups excluding carboxylic acids is 1. The fourth-order valence-electron chi connectivity index (χ4n) is 4.65. The number of benzene rings is 2. The van der Waals surface area contributed by atoms with E-state index in [1.807, 2.05) is 18.2 Å². The molecule has 5 rings (SSSR count). The number of halogens is 2. The van der Waals surface area contributed by atoms with Crippen LogP contribution in [-0.4, -0.2) is 72.8 Å². The third-order valence-electron chi connectivity index (χ3n) is 6.81. The average Bonchev–Trinajstić information content (AvgIpc) is 3.40. The summed E-state index contributed by atoms with van der Waals surface area (Å²) in [6.07, 6.45) is 6.96. The van der Waals surface area contributed by atoms with Gasteiger partial charge in [0.15, 0.2) is 5.78 Å². The Hall–Kier alpha value is -3.11. The molecule has 2 fully saturated rings. The SMILES string of the molecule is COCC1CCN1C/C=C/C(=O)Cc1cc2c(Nc3ccc(F)c(Cl)c3)ncnc2cc1O[C@H]1CCOC1. The molecule has 2 aliphatic heterocycles. The molecule has 0 saturated carbocycles. The third-order valence-corrected chi connectivity index (χ3v) is 7.10. The molecule has 3 heterocycles. The fourth-order valence-corrected chi connectivity index (χ4v) is 4.83. The van der Waals surface area contributed by atoms with Gasteiger partial charge in [0.1, 0.15) is 29.8 Å². The summed E-state index contributed by atoms with van der Waals surface area (Å²) in [6, 6.07) is 8.49. The standard InChI is InChI=1S/C28H30ClFN4O4/c1-36-15-20-6-9-34(20)8-2-3-21(35)11-18-12-23-26(14-27(18)38-22-7-10-37-16-22)31-17-32-28(23)33-19-4-5-25(30)24(29)13-19/h2-5,12-14,17,20,22H,6-11,15-16H2,1H3,(H,31,32,33)/b3-2+/t20?,22-/m0/s1. The summed E-state index contributed by atoms with van der Waals surface area (Å²) >= 11 is 5.95. The van der Waals surface area contributed by atoms with Crippen LogP contribution in [0.5, 0.6) is 5.75 Å². The van der Waals surface area contributed by atoms with Gasteiger partial charge in [-0.05, 0) is 36.8 Å². The van der Waals surface area contributed by atoms with Crippen molar-refractivity contribution in [1.29, 1.82) is 0 Å². The van der Waals surface area contributed by atoms with Crippen LogP contribution >= 0.6 is 11.6 Å². The molecule has 0 radical (unpaired) electrons. The topological polar surface area (TPSA) is 85.8 Å². The highest BCUT2D eigenvalue weighted by Crippen LogP contribution is 2.32. The van der Waals surface area contributed by atoms with E-state index in [1.54, 1.807) is 19.3 Å². The molecule has 0 bridgehead atoms. The van der Waals surface area contributed by atoms with Crippen LogP contribution in [0.1, 0.15) is 18.4 Å². The zero-order valence-corrected chi connectivity index (χ0v) is 21.9. The van der Waals surface area contributed by atoms with E-state index in [-0.39, 0.29) is 23.3 Å². The van der Waals surface area contributed by atoms with Crippen LogP contribution in [0.3, 0.4) is 0 Å². The van der Waals surface area contributed by atoms with Crippen LogP contribution in [0, 0.1) is 5.82 Å². The number of nitrogens with zero attached hydrogens (tertiary/aromatic N) is 3. The number of aromatic nitrogens is 2. The summed E-state index contributed by atoms with van der Waals surface area (Å²) < 4.78 is 30.6. The molecule has 1 aromatic heterocycles. The Morgan fingerprint density at radius 3 is 2.92 bits per heavy atom. The highest BCUT2D eigenvalue weighted by molar-refractivity contribution is 6.31. The van der Waals surface area contributed by atoms with Crippen molar-refractivity contribution in [3.8, 4) is 5.75 Å². The maximum Gasteiger partial charge on any atom is 0.159 e. The number of likely N-dealkylation sites (tertiary alicyclic amines) is 1. The molecule has 2 saturated heterocycles. The van der Waals surface area contributed by atoms with E-state index in [0.717, 1.165) is 24.9 Å². The second-order valence-corrected chi connectivity index (χ2v) is 9.90. The molecule has 0 aliphatic carbocycles. The number of rotatable bonds is 11. The van der Waals surface area contributed by atoms with Gasteiger partial charge in [-0.25, -0.2) is 14.4 Å². The Bertz CT molecular complexity index is 1330. The van der Waals surface area contributed by atoms with E-state index in [2.05, 4.69) is 20.2 Å². The molecular formula is C28H30ClFN4O4. The van der Waals surface area contributed by atoms with Crippen molar-refractivity contribution < 1.29 is 23.4 Å². The number of methoxy groups -OCH3 is 1. The van der Waals surface area contributed by atoms with Crippen LogP contribution in [0.15, 0.2) is 48.8 Å². The predicted molar refractivity (Wildman–Crippen MR) is 144 cm³/mol. The minimum absolute atomic E-state index is 0.00710. The first-order chi connectivity index (χ1) is 18.5. The Morgan fingerprint density at radius 1 is 1.29 bits per heavy atom. The minimum atomic E-state index is -0.500. The molecule has 1 N–H and O–H groups in total. The number of ether oxygens (including phenoxy) is 3. The third kappa shape index (κ3) is 6.30. The number of carbonyl (C=O) groups is 1. The Labute approximate surface area is 225 Å². The van der Waals surface area contributed by atoms with Gasteiger partial charge in [0.05, 0.1) is 30.4 Å². The maximum atomic E-state index is 13.6. The molecule has 10 heteroatoms. The number of hydrogen-bond donors (Lipinski definition) is 1. The molecule has 2 atom stereocenters. The highest BCUT2D eigenvalue weighted by atomic mass is 35.5. The number of hydrogen-bond acceptors (Lipinski definition) is 8. The largest absolute Gasteiger partial charge is 0.488 e. The molecular weight excluding hydrogens is 511 g/mol. The van der Waals surface area contributed by atoms with Gasteiger partial charge < -0.3 is 19.5 Å². The van der Waals surface area contributed by atoms with Crippen LogP contribution in [-0.2, 0) is 20.7 Å². The van der Waals surface area contributed by atoms with Gasteiger partial charge in [0.2, 0.25) is 0 Å². The van der Waals surface area contributed by atoms with Gasteiger partial charge in [-0.3, -0.25) is 9.69 Å². The first kappa shape index (κ1) is 26.5. The lowest BCUT2D eigenvalue weighted by Gasteiger charge is -2.39. The molecule has 1 unspecified atom stereocenters. The van der Waals surface area contributed by atoms with Gasteiger partial charge in [0, 0.05) is 61.8 Å². The second-order valence-electron chi connectivity index (χ2n) is 9.49. The Balaban J connectivity index is 1.39. The second kappa shape index (κ2) is 12.2. The summed E-state index contributed by atoms with van der Waals surface area (Å²) in [4.78, 5) is 24.1.